The van der Waals surface area contributed by atoms with Crippen molar-refractivity contribution < 1.29 is 14.6 Å². The van der Waals surface area contributed by atoms with Gasteiger partial charge in [-0.05, 0) is 54.8 Å². The lowest BCUT2D eigenvalue weighted by atomic mass is 9.97. The van der Waals surface area contributed by atoms with Crippen LogP contribution in [0.3, 0.4) is 0 Å². The van der Waals surface area contributed by atoms with Crippen LogP contribution in [-0.4, -0.2) is 18.8 Å². The number of para-hydroxylation sites is 1. The van der Waals surface area contributed by atoms with Gasteiger partial charge in [-0.15, -0.1) is 0 Å². The van der Waals surface area contributed by atoms with Crippen molar-refractivity contribution in [1.29, 1.82) is 0 Å². The molecule has 3 N–H and O–H groups in total. The van der Waals surface area contributed by atoms with Gasteiger partial charge in [0, 0.05) is 21.3 Å². The van der Waals surface area contributed by atoms with E-state index in [1.807, 2.05) is 37.3 Å². The predicted molar refractivity (Wildman–Crippen MR) is 136 cm³/mol. The van der Waals surface area contributed by atoms with Crippen LogP contribution >= 0.6 is 15.9 Å². The number of hydrogen-bond acceptors (Lipinski definition) is 5. The summed E-state index contributed by atoms with van der Waals surface area (Å²) >= 11 is 3.58. The average Bonchev–Trinajstić information content (AvgIpc) is 2.85. The van der Waals surface area contributed by atoms with Gasteiger partial charge in [0.15, 0.2) is 11.5 Å². The van der Waals surface area contributed by atoms with Crippen LogP contribution in [0.5, 0.6) is 17.2 Å². The monoisotopic (exact) mass is 508 g/mol. The highest BCUT2D eigenvalue weighted by Crippen LogP contribution is 2.39. The number of phenols is 1. The number of rotatable bonds is 7. The Labute approximate surface area is 203 Å². The summed E-state index contributed by atoms with van der Waals surface area (Å²) in [5.74, 6) is 1.40. The van der Waals surface area contributed by atoms with Gasteiger partial charge in [-0.25, -0.2) is 0 Å². The molecule has 0 bridgehead atoms. The maximum Gasteiger partial charge on any atom is 0.162 e. The number of ether oxygens (including phenoxy) is 2. The van der Waals surface area contributed by atoms with Crippen molar-refractivity contribution in [2.24, 2.45) is 0 Å². The third-order valence-corrected chi connectivity index (χ3v) is 6.31. The zero-order valence-corrected chi connectivity index (χ0v) is 20.6. The number of benzene rings is 3. The minimum absolute atomic E-state index is 0.149. The first kappa shape index (κ1) is 23.2. The highest BCUT2D eigenvalue weighted by atomic mass is 79.9. The molecule has 4 rings (SSSR count). The van der Waals surface area contributed by atoms with E-state index in [4.69, 9.17) is 9.47 Å². The molecule has 6 heteroatoms. The zero-order chi connectivity index (χ0) is 23.4. The lowest BCUT2D eigenvalue weighted by Crippen LogP contribution is -2.39. The fraction of sp³-hybridized carbons (Fsp3) is 0.259. The maximum absolute atomic E-state index is 11.0. The van der Waals surface area contributed by atoms with E-state index in [0.717, 1.165) is 39.0 Å². The van der Waals surface area contributed by atoms with Gasteiger partial charge in [0.25, 0.3) is 0 Å². The molecule has 5 nitrogen and oxygen atoms in total. The largest absolute Gasteiger partial charge is 0.504 e. The third-order valence-electron chi connectivity index (χ3n) is 5.82. The normalized spacial score (nSPS) is 17.8. The SMILES string of the molecule is CCOc1cccc(C2C=C(c3ccc(CC)cc3)NC(c3cc(Br)ccc3OC)N2)c1O. The van der Waals surface area contributed by atoms with E-state index in [9.17, 15) is 5.11 Å². The molecule has 33 heavy (non-hydrogen) atoms. The second-order valence-corrected chi connectivity index (χ2v) is 8.78. The molecule has 0 aromatic heterocycles. The Bertz CT molecular complexity index is 1140. The summed E-state index contributed by atoms with van der Waals surface area (Å²) in [7, 11) is 1.67. The quantitative estimate of drug-likeness (QED) is 0.360. The molecule has 1 aliphatic rings. The number of aromatic hydroxyl groups is 1. The fourth-order valence-corrected chi connectivity index (χ4v) is 4.46. The Morgan fingerprint density at radius 1 is 0.970 bits per heavy atom. The summed E-state index contributed by atoms with van der Waals surface area (Å²) in [4.78, 5) is 0. The van der Waals surface area contributed by atoms with Gasteiger partial charge in [0.2, 0.25) is 0 Å². The Morgan fingerprint density at radius 2 is 1.76 bits per heavy atom. The van der Waals surface area contributed by atoms with E-state index in [2.05, 4.69) is 63.8 Å². The molecule has 0 amide bonds. The Morgan fingerprint density at radius 3 is 2.45 bits per heavy atom. The second-order valence-electron chi connectivity index (χ2n) is 7.87. The van der Waals surface area contributed by atoms with E-state index in [0.29, 0.717) is 12.4 Å². The van der Waals surface area contributed by atoms with E-state index in [1.54, 1.807) is 13.2 Å². The lowest BCUT2D eigenvalue weighted by molar-refractivity contribution is 0.314. The summed E-state index contributed by atoms with van der Waals surface area (Å²) < 4.78 is 12.2. The maximum atomic E-state index is 11.0. The van der Waals surface area contributed by atoms with Crippen LogP contribution in [0.2, 0.25) is 0 Å². The molecule has 1 aliphatic heterocycles. The third kappa shape index (κ3) is 5.02. The molecule has 0 saturated heterocycles. The summed E-state index contributed by atoms with van der Waals surface area (Å²) in [6, 6.07) is 19.9. The van der Waals surface area contributed by atoms with E-state index in [1.165, 1.54) is 5.56 Å². The molecule has 0 saturated carbocycles. The minimum Gasteiger partial charge on any atom is -0.504 e. The number of aryl methyl sites for hydroxylation is 1. The van der Waals surface area contributed by atoms with Gasteiger partial charge < -0.3 is 19.9 Å². The standard InChI is InChI=1S/C27H29BrN2O3/c1-4-17-9-11-18(12-10-17)22-16-23(20-7-6-8-25(26(20)31)33-5-2)30-27(29-22)21-15-19(28)13-14-24(21)32-3/h6-16,23,27,29-31H,4-5H2,1-3H3. The number of methoxy groups -OCH3 is 1. The molecular formula is C27H29BrN2O3. The van der Waals surface area contributed by atoms with Gasteiger partial charge >= 0.3 is 0 Å². The molecule has 3 aromatic rings. The van der Waals surface area contributed by atoms with Gasteiger partial charge in [-0.3, -0.25) is 5.32 Å². The highest BCUT2D eigenvalue weighted by Gasteiger charge is 2.28. The molecule has 3 aromatic carbocycles. The van der Waals surface area contributed by atoms with Crippen LogP contribution in [0.1, 0.15) is 48.3 Å². The van der Waals surface area contributed by atoms with Crippen molar-refractivity contribution in [2.75, 3.05) is 13.7 Å². The molecule has 0 radical (unpaired) electrons. The van der Waals surface area contributed by atoms with E-state index >= 15 is 0 Å². The van der Waals surface area contributed by atoms with Crippen molar-refractivity contribution in [3.05, 3.63) is 93.5 Å². The van der Waals surface area contributed by atoms with Crippen LogP contribution in [-0.2, 0) is 6.42 Å². The number of phenolic OH excluding ortho intramolecular Hbond substituents is 1. The summed E-state index contributed by atoms with van der Waals surface area (Å²) in [5.41, 5.74) is 5.07. The predicted octanol–water partition coefficient (Wildman–Crippen LogP) is 6.10. The van der Waals surface area contributed by atoms with Crippen molar-refractivity contribution in [2.45, 2.75) is 32.5 Å². The Hall–Kier alpha value is -2.96. The highest BCUT2D eigenvalue weighted by molar-refractivity contribution is 9.10. The van der Waals surface area contributed by atoms with Crippen molar-refractivity contribution >= 4 is 21.6 Å². The van der Waals surface area contributed by atoms with Crippen molar-refractivity contribution in [3.63, 3.8) is 0 Å². The van der Waals surface area contributed by atoms with Crippen LogP contribution in [0.4, 0.5) is 0 Å². The van der Waals surface area contributed by atoms with Gasteiger partial charge in [0.05, 0.1) is 19.8 Å². The Kier molecular flexibility index (Phi) is 7.26. The van der Waals surface area contributed by atoms with Crippen LogP contribution < -0.4 is 20.1 Å². The molecule has 2 unspecified atom stereocenters. The first-order chi connectivity index (χ1) is 16.0. The summed E-state index contributed by atoms with van der Waals surface area (Å²) in [6.07, 6.45) is 2.85. The van der Waals surface area contributed by atoms with E-state index in [-0.39, 0.29) is 18.0 Å². The van der Waals surface area contributed by atoms with Gasteiger partial charge in [-0.2, -0.15) is 0 Å². The lowest BCUT2D eigenvalue weighted by Gasteiger charge is -2.34. The number of nitrogens with one attached hydrogen (secondary N) is 2. The minimum atomic E-state index is -0.249. The Balaban J connectivity index is 1.79. The first-order valence-electron chi connectivity index (χ1n) is 11.2. The van der Waals surface area contributed by atoms with Crippen molar-refractivity contribution in [1.82, 2.24) is 10.6 Å². The van der Waals surface area contributed by atoms with Crippen LogP contribution in [0.15, 0.2) is 71.2 Å². The molecule has 0 spiro atoms. The molecule has 2 atom stereocenters. The first-order valence-corrected chi connectivity index (χ1v) is 11.9. The van der Waals surface area contributed by atoms with Crippen LogP contribution in [0.25, 0.3) is 5.70 Å². The summed E-state index contributed by atoms with van der Waals surface area (Å²) in [5, 5.41) is 18.2. The number of hydrogen-bond donors (Lipinski definition) is 3. The zero-order valence-electron chi connectivity index (χ0n) is 19.1. The summed E-state index contributed by atoms with van der Waals surface area (Å²) in [6.45, 7) is 4.54. The van der Waals surface area contributed by atoms with Crippen LogP contribution in [0, 0.1) is 0 Å². The topological polar surface area (TPSA) is 62.8 Å². The molecule has 0 aliphatic carbocycles. The second kappa shape index (κ2) is 10.3. The van der Waals surface area contributed by atoms with Gasteiger partial charge in [0.1, 0.15) is 11.9 Å². The van der Waals surface area contributed by atoms with Crippen molar-refractivity contribution in [3.8, 4) is 17.2 Å². The van der Waals surface area contributed by atoms with E-state index < -0.39 is 0 Å². The molecule has 172 valence electrons. The molecule has 1 heterocycles. The number of halogens is 1. The average molecular weight is 509 g/mol. The fourth-order valence-electron chi connectivity index (χ4n) is 4.08. The smallest absolute Gasteiger partial charge is 0.162 e. The molecular weight excluding hydrogens is 480 g/mol. The van der Waals surface area contributed by atoms with Gasteiger partial charge in [-0.1, -0.05) is 59.3 Å². The molecule has 0 fully saturated rings.